The minimum atomic E-state index is -0.222. The minimum Gasteiger partial charge on any atom is -0.354 e. The van der Waals surface area contributed by atoms with Gasteiger partial charge in [0.1, 0.15) is 5.69 Å². The standard InChI is InChI=1S/C20H23ClN4O/c21-17-8-6-16(7-9-17)14-24-19(26)18-11-13-23-20(25-18)22-12-10-15-4-2-1-3-5-15/h4,6-9,11,13H,1-3,5,10,12,14H2,(H,24,26)(H,22,23,25). The van der Waals surface area contributed by atoms with Crippen LogP contribution in [-0.2, 0) is 6.54 Å². The summed E-state index contributed by atoms with van der Waals surface area (Å²) in [5.41, 5.74) is 2.84. The van der Waals surface area contributed by atoms with Crippen LogP contribution in [0.1, 0.15) is 48.2 Å². The zero-order valence-corrected chi connectivity index (χ0v) is 15.4. The number of carbonyl (C=O) groups excluding carboxylic acids is 1. The largest absolute Gasteiger partial charge is 0.354 e. The van der Waals surface area contributed by atoms with Crippen LogP contribution >= 0.6 is 11.6 Å². The van der Waals surface area contributed by atoms with Gasteiger partial charge in [-0.3, -0.25) is 4.79 Å². The van der Waals surface area contributed by atoms with Crippen LogP contribution in [0.15, 0.2) is 48.2 Å². The Labute approximate surface area is 158 Å². The quantitative estimate of drug-likeness (QED) is 0.710. The van der Waals surface area contributed by atoms with Gasteiger partial charge in [0.25, 0.3) is 5.91 Å². The lowest BCUT2D eigenvalue weighted by molar-refractivity contribution is 0.0946. The number of allylic oxidation sites excluding steroid dienone is 1. The monoisotopic (exact) mass is 370 g/mol. The van der Waals surface area contributed by atoms with Crippen LogP contribution in [0.25, 0.3) is 0 Å². The van der Waals surface area contributed by atoms with Gasteiger partial charge in [-0.05, 0) is 55.9 Å². The molecule has 0 unspecified atom stereocenters. The Balaban J connectivity index is 1.50. The maximum atomic E-state index is 12.3. The molecule has 0 saturated heterocycles. The summed E-state index contributed by atoms with van der Waals surface area (Å²) >= 11 is 5.86. The van der Waals surface area contributed by atoms with Crippen LogP contribution in [0, 0.1) is 0 Å². The molecule has 0 aliphatic heterocycles. The second-order valence-corrected chi connectivity index (χ2v) is 6.80. The zero-order chi connectivity index (χ0) is 18.2. The van der Waals surface area contributed by atoms with Crippen molar-refractivity contribution >= 4 is 23.5 Å². The molecule has 26 heavy (non-hydrogen) atoms. The van der Waals surface area contributed by atoms with E-state index in [1.54, 1.807) is 24.4 Å². The Morgan fingerprint density at radius 1 is 1.15 bits per heavy atom. The van der Waals surface area contributed by atoms with E-state index in [0.29, 0.717) is 23.2 Å². The number of anilines is 1. The molecule has 136 valence electrons. The van der Waals surface area contributed by atoms with Gasteiger partial charge in [0.05, 0.1) is 0 Å². The van der Waals surface area contributed by atoms with E-state index in [-0.39, 0.29) is 5.91 Å². The summed E-state index contributed by atoms with van der Waals surface area (Å²) in [4.78, 5) is 20.8. The van der Waals surface area contributed by atoms with E-state index in [9.17, 15) is 4.79 Å². The Bertz CT molecular complexity index is 774. The van der Waals surface area contributed by atoms with Gasteiger partial charge in [0.2, 0.25) is 5.95 Å². The molecule has 0 saturated carbocycles. The van der Waals surface area contributed by atoms with Gasteiger partial charge in [-0.25, -0.2) is 9.97 Å². The van der Waals surface area contributed by atoms with Gasteiger partial charge < -0.3 is 10.6 Å². The number of amides is 1. The Hall–Kier alpha value is -2.40. The highest BCUT2D eigenvalue weighted by Gasteiger charge is 2.09. The summed E-state index contributed by atoms with van der Waals surface area (Å²) in [6.07, 6.45) is 9.90. The molecule has 2 N–H and O–H groups in total. The van der Waals surface area contributed by atoms with Gasteiger partial charge in [-0.15, -0.1) is 0 Å². The first-order chi connectivity index (χ1) is 12.7. The predicted octanol–water partition coefficient (Wildman–Crippen LogP) is 4.36. The average molecular weight is 371 g/mol. The molecule has 5 nitrogen and oxygen atoms in total. The lowest BCUT2D eigenvalue weighted by Gasteiger charge is -2.13. The molecule has 3 rings (SSSR count). The number of nitrogens with one attached hydrogen (secondary N) is 2. The highest BCUT2D eigenvalue weighted by molar-refractivity contribution is 6.30. The number of halogens is 1. The fraction of sp³-hybridized carbons (Fsp3) is 0.350. The second kappa shape index (κ2) is 9.34. The van der Waals surface area contributed by atoms with Gasteiger partial charge in [-0.2, -0.15) is 0 Å². The molecule has 0 spiro atoms. The first-order valence-electron chi connectivity index (χ1n) is 8.98. The van der Waals surface area contributed by atoms with Crippen LogP contribution in [0.2, 0.25) is 5.02 Å². The summed E-state index contributed by atoms with van der Waals surface area (Å²) < 4.78 is 0. The molecule has 1 aromatic carbocycles. The molecule has 0 bridgehead atoms. The molecule has 0 fully saturated rings. The van der Waals surface area contributed by atoms with E-state index in [0.717, 1.165) is 18.5 Å². The fourth-order valence-electron chi connectivity index (χ4n) is 2.91. The molecule has 1 amide bonds. The smallest absolute Gasteiger partial charge is 0.270 e. The van der Waals surface area contributed by atoms with Gasteiger partial charge in [0.15, 0.2) is 0 Å². The number of aromatic nitrogens is 2. The van der Waals surface area contributed by atoms with E-state index in [4.69, 9.17) is 11.6 Å². The second-order valence-electron chi connectivity index (χ2n) is 6.36. The van der Waals surface area contributed by atoms with Crippen LogP contribution < -0.4 is 10.6 Å². The maximum Gasteiger partial charge on any atom is 0.270 e. The van der Waals surface area contributed by atoms with Gasteiger partial charge in [0, 0.05) is 24.3 Å². The molecule has 6 heteroatoms. The lowest BCUT2D eigenvalue weighted by Crippen LogP contribution is -2.24. The van der Waals surface area contributed by atoms with Crippen LogP contribution in [0.5, 0.6) is 0 Å². The van der Waals surface area contributed by atoms with Crippen LogP contribution in [0.4, 0.5) is 5.95 Å². The van der Waals surface area contributed by atoms with E-state index < -0.39 is 0 Å². The van der Waals surface area contributed by atoms with Crippen molar-refractivity contribution in [2.24, 2.45) is 0 Å². The Kier molecular flexibility index (Phi) is 6.61. The number of nitrogens with zero attached hydrogens (tertiary/aromatic N) is 2. The number of rotatable bonds is 7. The zero-order valence-electron chi connectivity index (χ0n) is 14.7. The normalized spacial score (nSPS) is 13.8. The lowest BCUT2D eigenvalue weighted by atomic mass is 9.97. The Morgan fingerprint density at radius 2 is 2.00 bits per heavy atom. The molecular formula is C20H23ClN4O. The predicted molar refractivity (Wildman–Crippen MR) is 104 cm³/mol. The molecule has 1 aliphatic carbocycles. The van der Waals surface area contributed by atoms with Gasteiger partial charge >= 0.3 is 0 Å². The Morgan fingerprint density at radius 3 is 2.77 bits per heavy atom. The fourth-order valence-corrected chi connectivity index (χ4v) is 3.04. The molecule has 2 aromatic rings. The number of hydrogen-bond donors (Lipinski definition) is 2. The van der Waals surface area contributed by atoms with Crippen LogP contribution in [0.3, 0.4) is 0 Å². The summed E-state index contributed by atoms with van der Waals surface area (Å²) in [6.45, 7) is 1.21. The first-order valence-corrected chi connectivity index (χ1v) is 9.36. The maximum absolute atomic E-state index is 12.3. The third kappa shape index (κ3) is 5.56. The average Bonchev–Trinajstić information content (AvgIpc) is 2.68. The van der Waals surface area contributed by atoms with Crippen molar-refractivity contribution in [3.63, 3.8) is 0 Å². The van der Waals surface area contributed by atoms with Crippen molar-refractivity contribution in [1.29, 1.82) is 0 Å². The third-order valence-electron chi connectivity index (χ3n) is 4.37. The molecule has 0 radical (unpaired) electrons. The number of carbonyl (C=O) groups is 1. The summed E-state index contributed by atoms with van der Waals surface area (Å²) in [6, 6.07) is 8.99. The molecule has 1 heterocycles. The summed E-state index contributed by atoms with van der Waals surface area (Å²) in [5.74, 6) is 0.265. The first kappa shape index (κ1) is 18.4. The van der Waals surface area contributed by atoms with Crippen molar-refractivity contribution in [2.75, 3.05) is 11.9 Å². The van der Waals surface area contributed by atoms with Crippen molar-refractivity contribution in [3.05, 3.63) is 64.5 Å². The topological polar surface area (TPSA) is 66.9 Å². The molecular weight excluding hydrogens is 348 g/mol. The number of hydrogen-bond acceptors (Lipinski definition) is 4. The third-order valence-corrected chi connectivity index (χ3v) is 4.62. The molecule has 0 atom stereocenters. The van der Waals surface area contributed by atoms with Crippen molar-refractivity contribution in [1.82, 2.24) is 15.3 Å². The van der Waals surface area contributed by atoms with E-state index in [1.807, 2.05) is 12.1 Å². The molecule has 1 aliphatic rings. The van der Waals surface area contributed by atoms with Crippen molar-refractivity contribution in [2.45, 2.75) is 38.6 Å². The minimum absolute atomic E-state index is 0.222. The van der Waals surface area contributed by atoms with E-state index in [2.05, 4.69) is 26.7 Å². The van der Waals surface area contributed by atoms with Crippen molar-refractivity contribution < 1.29 is 4.79 Å². The highest BCUT2D eigenvalue weighted by atomic mass is 35.5. The van der Waals surface area contributed by atoms with Gasteiger partial charge in [-0.1, -0.05) is 35.4 Å². The molecule has 1 aromatic heterocycles. The number of benzene rings is 1. The van der Waals surface area contributed by atoms with E-state index >= 15 is 0 Å². The van der Waals surface area contributed by atoms with Crippen LogP contribution in [-0.4, -0.2) is 22.4 Å². The highest BCUT2D eigenvalue weighted by Crippen LogP contribution is 2.19. The van der Waals surface area contributed by atoms with E-state index in [1.165, 1.54) is 31.3 Å². The van der Waals surface area contributed by atoms with Crippen molar-refractivity contribution in [3.8, 4) is 0 Å². The summed E-state index contributed by atoms with van der Waals surface area (Å²) in [5, 5.41) is 6.75. The summed E-state index contributed by atoms with van der Waals surface area (Å²) in [7, 11) is 0. The SMILES string of the molecule is O=C(NCc1ccc(Cl)cc1)c1ccnc(NCCC2=CCCCC2)n1.